The molecule has 8 heteroatoms. The number of ether oxygens (including phenoxy) is 1. The van der Waals surface area contributed by atoms with Crippen molar-refractivity contribution in [3.63, 3.8) is 0 Å². The molecule has 1 N–H and O–H groups in total. The van der Waals surface area contributed by atoms with E-state index in [1.165, 1.54) is 12.3 Å². The van der Waals surface area contributed by atoms with Gasteiger partial charge in [-0.25, -0.2) is 4.98 Å². The van der Waals surface area contributed by atoms with Gasteiger partial charge < -0.3 is 9.72 Å². The monoisotopic (exact) mass is 310 g/mol. The standard InChI is InChI=1S/C14H13F3N4O/c1-22-3-2-21-8-10(6-20-21)9-4-11-12(14(15,16)17)7-19-13(11)18-5-9/h4-8H,2-3H2,1H3,(H,18,19). The fourth-order valence-electron chi connectivity index (χ4n) is 2.22. The van der Waals surface area contributed by atoms with Gasteiger partial charge in [0.05, 0.1) is 24.9 Å². The zero-order valence-corrected chi connectivity index (χ0v) is 11.7. The van der Waals surface area contributed by atoms with Crippen LogP contribution < -0.4 is 0 Å². The van der Waals surface area contributed by atoms with Crippen molar-refractivity contribution in [2.75, 3.05) is 13.7 Å². The van der Waals surface area contributed by atoms with Crippen LogP contribution in [0, 0.1) is 0 Å². The molecule has 0 atom stereocenters. The largest absolute Gasteiger partial charge is 0.418 e. The number of halogens is 3. The highest BCUT2D eigenvalue weighted by molar-refractivity contribution is 5.84. The number of H-pyrrole nitrogens is 1. The number of alkyl halides is 3. The van der Waals surface area contributed by atoms with Gasteiger partial charge in [-0.2, -0.15) is 18.3 Å². The summed E-state index contributed by atoms with van der Waals surface area (Å²) in [4.78, 5) is 6.58. The van der Waals surface area contributed by atoms with E-state index < -0.39 is 11.7 Å². The second kappa shape index (κ2) is 5.45. The van der Waals surface area contributed by atoms with Crippen LogP contribution in [0.3, 0.4) is 0 Å². The van der Waals surface area contributed by atoms with E-state index >= 15 is 0 Å². The zero-order chi connectivity index (χ0) is 15.7. The molecule has 0 unspecified atom stereocenters. The zero-order valence-electron chi connectivity index (χ0n) is 11.7. The van der Waals surface area contributed by atoms with E-state index in [1.807, 2.05) is 0 Å². The SMILES string of the molecule is COCCn1cc(-c2cnc3[nH]cc(C(F)(F)F)c3c2)cn1. The first-order valence-electron chi connectivity index (χ1n) is 6.55. The average Bonchev–Trinajstić information content (AvgIpc) is 3.10. The van der Waals surface area contributed by atoms with Gasteiger partial charge in [-0.1, -0.05) is 0 Å². The van der Waals surface area contributed by atoms with Gasteiger partial charge >= 0.3 is 6.18 Å². The minimum absolute atomic E-state index is 0.0506. The summed E-state index contributed by atoms with van der Waals surface area (Å²) in [5.74, 6) is 0. The van der Waals surface area contributed by atoms with E-state index in [9.17, 15) is 13.2 Å². The molecule has 22 heavy (non-hydrogen) atoms. The summed E-state index contributed by atoms with van der Waals surface area (Å²) >= 11 is 0. The fourth-order valence-corrected chi connectivity index (χ4v) is 2.22. The molecule has 0 aliphatic heterocycles. The van der Waals surface area contributed by atoms with E-state index in [-0.39, 0.29) is 11.0 Å². The van der Waals surface area contributed by atoms with Crippen molar-refractivity contribution in [3.8, 4) is 11.1 Å². The Hall–Kier alpha value is -2.35. The molecule has 0 aliphatic rings. The third-order valence-corrected chi connectivity index (χ3v) is 3.33. The lowest BCUT2D eigenvalue weighted by atomic mass is 10.1. The summed E-state index contributed by atoms with van der Waals surface area (Å²) in [6.07, 6.45) is 1.39. The van der Waals surface area contributed by atoms with E-state index in [1.54, 1.807) is 24.2 Å². The maximum Gasteiger partial charge on any atom is 0.418 e. The highest BCUT2D eigenvalue weighted by Crippen LogP contribution is 2.35. The Labute approximate surface area is 123 Å². The number of hydrogen-bond donors (Lipinski definition) is 1. The lowest BCUT2D eigenvalue weighted by molar-refractivity contribution is -0.136. The molecule has 116 valence electrons. The summed E-state index contributed by atoms with van der Waals surface area (Å²) in [5, 5.41) is 4.20. The molecular weight excluding hydrogens is 297 g/mol. The third kappa shape index (κ3) is 2.69. The molecule has 0 radical (unpaired) electrons. The minimum Gasteiger partial charge on any atom is -0.383 e. The summed E-state index contributed by atoms with van der Waals surface area (Å²) in [6, 6.07) is 1.47. The molecule has 0 aliphatic carbocycles. The Morgan fingerprint density at radius 2 is 2.09 bits per heavy atom. The Bertz CT molecular complexity index is 791. The smallest absolute Gasteiger partial charge is 0.383 e. The number of methoxy groups -OCH3 is 1. The van der Waals surface area contributed by atoms with Crippen LogP contribution in [0.1, 0.15) is 5.56 Å². The van der Waals surface area contributed by atoms with Gasteiger partial charge in [0, 0.05) is 42.2 Å². The first-order valence-corrected chi connectivity index (χ1v) is 6.55. The predicted molar refractivity (Wildman–Crippen MR) is 74.2 cm³/mol. The van der Waals surface area contributed by atoms with E-state index in [2.05, 4.69) is 15.1 Å². The minimum atomic E-state index is -4.42. The number of nitrogens with zero attached hydrogens (tertiary/aromatic N) is 3. The topological polar surface area (TPSA) is 55.7 Å². The molecule has 3 heterocycles. The molecule has 5 nitrogen and oxygen atoms in total. The number of pyridine rings is 1. The highest BCUT2D eigenvalue weighted by Gasteiger charge is 2.33. The van der Waals surface area contributed by atoms with Gasteiger partial charge in [0.15, 0.2) is 0 Å². The van der Waals surface area contributed by atoms with Crippen molar-refractivity contribution in [2.45, 2.75) is 12.7 Å². The average molecular weight is 310 g/mol. The quantitative estimate of drug-likeness (QED) is 0.805. The number of aromatic nitrogens is 4. The van der Waals surface area contributed by atoms with Crippen LogP contribution >= 0.6 is 0 Å². The first kappa shape index (κ1) is 14.6. The van der Waals surface area contributed by atoms with Crippen molar-refractivity contribution in [1.82, 2.24) is 19.7 Å². The summed E-state index contributed by atoms with van der Waals surface area (Å²) in [6.45, 7) is 1.08. The van der Waals surface area contributed by atoms with Crippen molar-refractivity contribution in [3.05, 3.63) is 36.4 Å². The Morgan fingerprint density at radius 1 is 1.27 bits per heavy atom. The normalized spacial score (nSPS) is 12.2. The first-order chi connectivity index (χ1) is 10.5. The number of aromatic amines is 1. The van der Waals surface area contributed by atoms with Crippen LogP contribution in [0.2, 0.25) is 0 Å². The van der Waals surface area contributed by atoms with Crippen LogP contribution in [-0.4, -0.2) is 33.5 Å². The number of nitrogens with one attached hydrogen (secondary N) is 1. The van der Waals surface area contributed by atoms with Crippen LogP contribution in [0.4, 0.5) is 13.2 Å². The van der Waals surface area contributed by atoms with Crippen molar-refractivity contribution in [1.29, 1.82) is 0 Å². The number of hydrogen-bond acceptors (Lipinski definition) is 3. The van der Waals surface area contributed by atoms with Gasteiger partial charge in [0.2, 0.25) is 0 Å². The molecule has 0 spiro atoms. The molecule has 0 fully saturated rings. The maximum atomic E-state index is 13.0. The molecule has 0 aromatic carbocycles. The lowest BCUT2D eigenvalue weighted by Crippen LogP contribution is -2.03. The van der Waals surface area contributed by atoms with Crippen molar-refractivity contribution < 1.29 is 17.9 Å². The molecule has 0 saturated heterocycles. The van der Waals surface area contributed by atoms with Crippen LogP contribution in [0.5, 0.6) is 0 Å². The molecule has 3 aromatic rings. The molecule has 3 aromatic heterocycles. The molecule has 3 rings (SSSR count). The van der Waals surface area contributed by atoms with E-state index in [4.69, 9.17) is 4.74 Å². The van der Waals surface area contributed by atoms with Crippen LogP contribution in [-0.2, 0) is 17.5 Å². The summed E-state index contributed by atoms with van der Waals surface area (Å²) in [5.41, 5.74) is 0.785. The third-order valence-electron chi connectivity index (χ3n) is 3.33. The molecule has 0 saturated carbocycles. The second-order valence-corrected chi connectivity index (χ2v) is 4.81. The van der Waals surface area contributed by atoms with Gasteiger partial charge in [0.25, 0.3) is 0 Å². The van der Waals surface area contributed by atoms with Gasteiger partial charge in [-0.05, 0) is 6.07 Å². The Kier molecular flexibility index (Phi) is 3.61. The molecule has 0 amide bonds. The van der Waals surface area contributed by atoms with Gasteiger partial charge in [-0.15, -0.1) is 0 Å². The Morgan fingerprint density at radius 3 is 2.82 bits per heavy atom. The maximum absolute atomic E-state index is 13.0. The Balaban J connectivity index is 1.99. The fraction of sp³-hybridized carbons (Fsp3) is 0.286. The van der Waals surface area contributed by atoms with Gasteiger partial charge in [-0.3, -0.25) is 4.68 Å². The summed E-state index contributed by atoms with van der Waals surface area (Å²) < 4.78 is 45.5. The predicted octanol–water partition coefficient (Wildman–Crippen LogP) is 3.09. The van der Waals surface area contributed by atoms with Crippen molar-refractivity contribution in [2.24, 2.45) is 0 Å². The van der Waals surface area contributed by atoms with Crippen LogP contribution in [0.15, 0.2) is 30.9 Å². The van der Waals surface area contributed by atoms with Crippen LogP contribution in [0.25, 0.3) is 22.2 Å². The molecule has 0 bridgehead atoms. The second-order valence-electron chi connectivity index (χ2n) is 4.81. The van der Waals surface area contributed by atoms with Gasteiger partial charge in [0.1, 0.15) is 5.65 Å². The van der Waals surface area contributed by atoms with Crippen molar-refractivity contribution >= 4 is 11.0 Å². The summed E-state index contributed by atoms with van der Waals surface area (Å²) in [7, 11) is 1.59. The number of fused-ring (bicyclic) bond motifs is 1. The highest BCUT2D eigenvalue weighted by atomic mass is 19.4. The lowest BCUT2D eigenvalue weighted by Gasteiger charge is -2.04. The van der Waals surface area contributed by atoms with E-state index in [0.717, 1.165) is 6.20 Å². The number of rotatable bonds is 4. The molecular formula is C14H13F3N4O. The van der Waals surface area contributed by atoms with E-state index in [0.29, 0.717) is 24.3 Å².